The number of amides is 1. The molecule has 2 rings (SSSR count). The lowest BCUT2D eigenvalue weighted by Gasteiger charge is -2.18. The van der Waals surface area contributed by atoms with Crippen molar-refractivity contribution in [3.05, 3.63) is 66.2 Å². The second-order valence-corrected chi connectivity index (χ2v) is 7.24. The molecule has 0 unspecified atom stereocenters. The van der Waals surface area contributed by atoms with E-state index in [0.29, 0.717) is 19.5 Å². The molecule has 2 N–H and O–H groups in total. The zero-order valence-electron chi connectivity index (χ0n) is 16.0. The van der Waals surface area contributed by atoms with Gasteiger partial charge in [-0.15, -0.1) is 11.8 Å². The number of hydrogen-bond donors (Lipinski definition) is 2. The topological polar surface area (TPSA) is 56.7 Å². The third kappa shape index (κ3) is 8.17. The summed E-state index contributed by atoms with van der Waals surface area (Å²) in [7, 11) is 3.58. The molecule has 0 aliphatic heterocycles. The van der Waals surface area contributed by atoms with Crippen LogP contribution in [0, 0.1) is 0 Å². The Kier molecular flexibility index (Phi) is 9.27. The number of nitrogens with zero attached hydrogens (tertiary/aromatic N) is 2. The number of carbonyl (C=O) groups excluding carboxylic acids is 1. The number of thioether (sulfide) groups is 1. The Hall–Kier alpha value is -2.47. The van der Waals surface area contributed by atoms with Gasteiger partial charge in [0.15, 0.2) is 5.96 Å². The van der Waals surface area contributed by atoms with Gasteiger partial charge in [-0.2, -0.15) is 0 Å². The second-order valence-electron chi connectivity index (χ2n) is 6.07. The molecule has 0 heterocycles. The van der Waals surface area contributed by atoms with Crippen LogP contribution in [-0.4, -0.2) is 49.7 Å². The largest absolute Gasteiger partial charge is 0.356 e. The van der Waals surface area contributed by atoms with Crippen molar-refractivity contribution < 1.29 is 4.79 Å². The Morgan fingerprint density at radius 3 is 2.30 bits per heavy atom. The summed E-state index contributed by atoms with van der Waals surface area (Å²) in [4.78, 5) is 19.5. The first-order valence-electron chi connectivity index (χ1n) is 9.09. The van der Waals surface area contributed by atoms with E-state index in [1.165, 1.54) is 4.90 Å². The predicted molar refractivity (Wildman–Crippen MR) is 114 cm³/mol. The van der Waals surface area contributed by atoms with Gasteiger partial charge in [0.05, 0.1) is 0 Å². The van der Waals surface area contributed by atoms with Crippen molar-refractivity contribution in [2.24, 2.45) is 4.99 Å². The van der Waals surface area contributed by atoms with Crippen LogP contribution in [0.25, 0.3) is 0 Å². The Morgan fingerprint density at radius 2 is 1.63 bits per heavy atom. The van der Waals surface area contributed by atoms with Crippen molar-refractivity contribution in [2.75, 3.05) is 32.9 Å². The van der Waals surface area contributed by atoms with Gasteiger partial charge in [0.1, 0.15) is 0 Å². The number of carbonyl (C=O) groups is 1. The monoisotopic (exact) mass is 384 g/mol. The van der Waals surface area contributed by atoms with Crippen molar-refractivity contribution in [2.45, 2.75) is 17.9 Å². The van der Waals surface area contributed by atoms with Gasteiger partial charge in [0.25, 0.3) is 0 Å². The molecule has 0 bridgehead atoms. The van der Waals surface area contributed by atoms with Gasteiger partial charge in [-0.1, -0.05) is 48.5 Å². The fraction of sp³-hybridized carbons (Fsp3) is 0.333. The van der Waals surface area contributed by atoms with Gasteiger partial charge in [-0.3, -0.25) is 9.79 Å². The third-order valence-corrected chi connectivity index (χ3v) is 4.96. The number of hydrogen-bond acceptors (Lipinski definition) is 3. The highest BCUT2D eigenvalue weighted by atomic mass is 32.2. The number of rotatable bonds is 9. The average molecular weight is 385 g/mol. The van der Waals surface area contributed by atoms with Crippen LogP contribution < -0.4 is 10.6 Å². The van der Waals surface area contributed by atoms with E-state index in [0.717, 1.165) is 23.8 Å². The first-order valence-corrected chi connectivity index (χ1v) is 10.1. The second kappa shape index (κ2) is 12.0. The van der Waals surface area contributed by atoms with Crippen LogP contribution in [0.5, 0.6) is 0 Å². The minimum absolute atomic E-state index is 0.112. The molecule has 5 nitrogen and oxygen atoms in total. The van der Waals surface area contributed by atoms with Crippen LogP contribution in [0.2, 0.25) is 0 Å². The normalized spacial score (nSPS) is 11.1. The fourth-order valence-electron chi connectivity index (χ4n) is 2.50. The van der Waals surface area contributed by atoms with E-state index in [2.05, 4.69) is 27.8 Å². The van der Waals surface area contributed by atoms with Gasteiger partial charge >= 0.3 is 0 Å². The summed E-state index contributed by atoms with van der Waals surface area (Å²) in [6.07, 6.45) is 0.433. The molecule has 6 heteroatoms. The summed E-state index contributed by atoms with van der Waals surface area (Å²) in [6, 6.07) is 20.3. The molecule has 27 heavy (non-hydrogen) atoms. The Bertz CT molecular complexity index is 707. The van der Waals surface area contributed by atoms with Crippen molar-refractivity contribution in [3.63, 3.8) is 0 Å². The number of guanidine groups is 1. The van der Waals surface area contributed by atoms with E-state index in [9.17, 15) is 4.79 Å². The van der Waals surface area contributed by atoms with Crippen LogP contribution >= 0.6 is 11.8 Å². The van der Waals surface area contributed by atoms with Crippen LogP contribution in [-0.2, 0) is 11.3 Å². The molecule has 0 aromatic heterocycles. The summed E-state index contributed by atoms with van der Waals surface area (Å²) in [5, 5.41) is 6.48. The SMILES string of the molecule is CN=C(NCCSc1ccccc1)NCCC(=O)N(C)Cc1ccccc1. The van der Waals surface area contributed by atoms with Gasteiger partial charge in [0, 0.05) is 50.8 Å². The van der Waals surface area contributed by atoms with Crippen molar-refractivity contribution in [3.8, 4) is 0 Å². The Morgan fingerprint density at radius 1 is 1.00 bits per heavy atom. The van der Waals surface area contributed by atoms with E-state index in [4.69, 9.17) is 0 Å². The maximum atomic E-state index is 12.3. The van der Waals surface area contributed by atoms with E-state index in [1.807, 2.05) is 55.6 Å². The molecule has 144 valence electrons. The van der Waals surface area contributed by atoms with E-state index in [-0.39, 0.29) is 5.91 Å². The lowest BCUT2D eigenvalue weighted by molar-refractivity contribution is -0.130. The maximum Gasteiger partial charge on any atom is 0.224 e. The standard InChI is InChI=1S/C21H28N4OS/c1-22-21(24-15-16-27-19-11-7-4-8-12-19)23-14-13-20(26)25(2)17-18-9-5-3-6-10-18/h3-12H,13-17H2,1-2H3,(H2,22,23,24). The van der Waals surface area contributed by atoms with Crippen LogP contribution in [0.1, 0.15) is 12.0 Å². The maximum absolute atomic E-state index is 12.3. The van der Waals surface area contributed by atoms with E-state index in [1.54, 1.807) is 23.7 Å². The van der Waals surface area contributed by atoms with Crippen LogP contribution in [0.15, 0.2) is 70.6 Å². The van der Waals surface area contributed by atoms with Gasteiger partial charge in [-0.05, 0) is 17.7 Å². The van der Waals surface area contributed by atoms with Crippen molar-refractivity contribution in [1.29, 1.82) is 0 Å². The van der Waals surface area contributed by atoms with Crippen LogP contribution in [0.4, 0.5) is 0 Å². The van der Waals surface area contributed by atoms with Crippen molar-refractivity contribution >= 4 is 23.6 Å². The average Bonchev–Trinajstić information content (AvgIpc) is 2.71. The van der Waals surface area contributed by atoms with Gasteiger partial charge in [0.2, 0.25) is 5.91 Å². The molecular weight excluding hydrogens is 356 g/mol. The zero-order chi connectivity index (χ0) is 19.3. The highest BCUT2D eigenvalue weighted by molar-refractivity contribution is 7.99. The lowest BCUT2D eigenvalue weighted by atomic mass is 10.2. The molecule has 0 atom stereocenters. The van der Waals surface area contributed by atoms with E-state index < -0.39 is 0 Å². The molecule has 2 aromatic rings. The Balaban J connectivity index is 1.61. The summed E-state index contributed by atoms with van der Waals surface area (Å²) in [6.45, 7) is 1.99. The first-order chi connectivity index (χ1) is 13.2. The summed E-state index contributed by atoms with van der Waals surface area (Å²) >= 11 is 1.80. The van der Waals surface area contributed by atoms with Gasteiger partial charge in [-0.25, -0.2) is 0 Å². The highest BCUT2D eigenvalue weighted by Gasteiger charge is 2.09. The van der Waals surface area contributed by atoms with Crippen molar-refractivity contribution in [1.82, 2.24) is 15.5 Å². The molecule has 0 spiro atoms. The summed E-state index contributed by atoms with van der Waals surface area (Å²) in [5.41, 5.74) is 1.13. The Labute approximate surface area is 166 Å². The molecule has 0 saturated heterocycles. The summed E-state index contributed by atoms with van der Waals surface area (Å²) < 4.78 is 0. The molecule has 0 radical (unpaired) electrons. The van der Waals surface area contributed by atoms with Gasteiger partial charge < -0.3 is 15.5 Å². The fourth-order valence-corrected chi connectivity index (χ4v) is 3.29. The quantitative estimate of drug-likeness (QED) is 0.302. The molecule has 0 aliphatic rings. The minimum atomic E-state index is 0.112. The first kappa shape index (κ1) is 20.8. The lowest BCUT2D eigenvalue weighted by Crippen LogP contribution is -2.40. The molecular formula is C21H28N4OS. The molecule has 1 amide bonds. The number of nitrogens with one attached hydrogen (secondary N) is 2. The molecule has 0 fully saturated rings. The van der Waals surface area contributed by atoms with Crippen LogP contribution in [0.3, 0.4) is 0 Å². The predicted octanol–water partition coefficient (Wildman–Crippen LogP) is 2.99. The number of benzene rings is 2. The zero-order valence-corrected chi connectivity index (χ0v) is 16.8. The molecule has 0 aliphatic carbocycles. The highest BCUT2D eigenvalue weighted by Crippen LogP contribution is 2.15. The number of aliphatic imine (C=N–C) groups is 1. The molecule has 0 saturated carbocycles. The van der Waals surface area contributed by atoms with E-state index >= 15 is 0 Å². The summed E-state index contributed by atoms with van der Waals surface area (Å²) in [5.74, 6) is 1.78. The molecule has 2 aromatic carbocycles. The minimum Gasteiger partial charge on any atom is -0.356 e. The third-order valence-electron chi connectivity index (χ3n) is 3.95. The smallest absolute Gasteiger partial charge is 0.224 e.